The maximum atomic E-state index is 11.3. The Balaban J connectivity index is 2.32. The van der Waals surface area contributed by atoms with Crippen molar-refractivity contribution in [3.8, 4) is 11.1 Å². The van der Waals surface area contributed by atoms with E-state index in [2.05, 4.69) is 0 Å². The Bertz CT molecular complexity index is 620. The summed E-state index contributed by atoms with van der Waals surface area (Å²) in [5.41, 5.74) is 2.93. The molecule has 0 aromatic heterocycles. The summed E-state index contributed by atoms with van der Waals surface area (Å²) in [5.74, 6) is -0.250. The lowest BCUT2D eigenvalue weighted by atomic mass is 9.95. The Morgan fingerprint density at radius 3 is 2.10 bits per heavy atom. The van der Waals surface area contributed by atoms with Gasteiger partial charge in [0.1, 0.15) is 0 Å². The van der Waals surface area contributed by atoms with E-state index in [1.165, 1.54) is 0 Å². The van der Waals surface area contributed by atoms with E-state index in [1.807, 2.05) is 43.3 Å². The molecule has 0 aliphatic carbocycles. The van der Waals surface area contributed by atoms with Crippen LogP contribution in [0.4, 0.5) is 0 Å². The molecule has 0 aliphatic heterocycles. The average molecular weight is 328 g/mol. The molecule has 1 nitrogen and oxygen atoms in total. The number of halogens is 3. The van der Waals surface area contributed by atoms with Crippen molar-refractivity contribution in [3.63, 3.8) is 0 Å². The van der Waals surface area contributed by atoms with Gasteiger partial charge < -0.3 is 0 Å². The number of rotatable bonds is 4. The molecule has 2 aromatic rings. The average Bonchev–Trinajstić information content (AvgIpc) is 2.43. The molecular formula is C16H13Cl3O. The standard InChI is InChI=1S/C16H13Cl3O/c1-2-13(16(19)20)11-5-3-10(4-6-11)12-7-8-14(17)15(18)9-12/h3-9,13H,2H2,1H3/t13-/m1/s1. The summed E-state index contributed by atoms with van der Waals surface area (Å²) in [7, 11) is 0. The molecule has 0 heterocycles. The molecule has 0 aliphatic rings. The molecule has 0 bridgehead atoms. The second-order valence-corrected chi connectivity index (χ2v) is 5.70. The van der Waals surface area contributed by atoms with Crippen LogP contribution in [0.2, 0.25) is 10.0 Å². The van der Waals surface area contributed by atoms with E-state index < -0.39 is 0 Å². The first-order chi connectivity index (χ1) is 9.52. The molecule has 2 rings (SSSR count). The highest BCUT2D eigenvalue weighted by molar-refractivity contribution is 6.64. The van der Waals surface area contributed by atoms with Crippen molar-refractivity contribution >= 4 is 40.0 Å². The van der Waals surface area contributed by atoms with Crippen LogP contribution in [0.25, 0.3) is 11.1 Å². The van der Waals surface area contributed by atoms with Crippen molar-refractivity contribution in [1.29, 1.82) is 0 Å². The predicted molar refractivity (Wildman–Crippen MR) is 85.8 cm³/mol. The van der Waals surface area contributed by atoms with Crippen LogP contribution >= 0.6 is 34.8 Å². The van der Waals surface area contributed by atoms with Crippen LogP contribution in [0.15, 0.2) is 42.5 Å². The highest BCUT2D eigenvalue weighted by Crippen LogP contribution is 2.30. The predicted octanol–water partition coefficient (Wildman–Crippen LogP) is 5.92. The second-order valence-electron chi connectivity index (χ2n) is 4.52. The van der Waals surface area contributed by atoms with Crippen LogP contribution in [0.5, 0.6) is 0 Å². The van der Waals surface area contributed by atoms with Gasteiger partial charge >= 0.3 is 0 Å². The van der Waals surface area contributed by atoms with E-state index in [0.29, 0.717) is 16.5 Å². The van der Waals surface area contributed by atoms with Gasteiger partial charge in [-0.3, -0.25) is 4.79 Å². The maximum absolute atomic E-state index is 11.3. The molecule has 2 aromatic carbocycles. The normalized spacial score (nSPS) is 12.2. The van der Waals surface area contributed by atoms with Crippen LogP contribution in [0.1, 0.15) is 24.8 Å². The zero-order chi connectivity index (χ0) is 14.7. The third kappa shape index (κ3) is 3.35. The van der Waals surface area contributed by atoms with Crippen LogP contribution in [0, 0.1) is 0 Å². The maximum Gasteiger partial charge on any atom is 0.229 e. The molecule has 0 unspecified atom stereocenters. The van der Waals surface area contributed by atoms with Gasteiger partial charge in [0.05, 0.1) is 16.0 Å². The van der Waals surface area contributed by atoms with Gasteiger partial charge in [-0.05, 0) is 46.8 Å². The molecule has 4 heteroatoms. The summed E-state index contributed by atoms with van der Waals surface area (Å²) in [4.78, 5) is 11.3. The van der Waals surface area contributed by atoms with Crippen LogP contribution in [-0.4, -0.2) is 5.24 Å². The van der Waals surface area contributed by atoms with E-state index in [-0.39, 0.29) is 11.2 Å². The summed E-state index contributed by atoms with van der Waals surface area (Å²) in [6.45, 7) is 1.94. The highest BCUT2D eigenvalue weighted by atomic mass is 35.5. The van der Waals surface area contributed by atoms with Gasteiger partial charge in [-0.1, -0.05) is 60.5 Å². The molecule has 0 saturated carbocycles. The SMILES string of the molecule is CC[C@@H](C(=O)Cl)c1ccc(-c2ccc(Cl)c(Cl)c2)cc1. The third-order valence-corrected chi connectivity index (χ3v) is 4.25. The zero-order valence-corrected chi connectivity index (χ0v) is 13.1. The summed E-state index contributed by atoms with van der Waals surface area (Å²) in [6, 6.07) is 13.3. The molecular weight excluding hydrogens is 315 g/mol. The second kappa shape index (κ2) is 6.62. The van der Waals surface area contributed by atoms with E-state index in [9.17, 15) is 4.79 Å². The summed E-state index contributed by atoms with van der Waals surface area (Å²) < 4.78 is 0. The van der Waals surface area contributed by atoms with Gasteiger partial charge in [-0.2, -0.15) is 0 Å². The molecule has 0 radical (unpaired) electrons. The number of benzene rings is 2. The lowest BCUT2D eigenvalue weighted by Gasteiger charge is -2.11. The van der Waals surface area contributed by atoms with Crippen LogP contribution < -0.4 is 0 Å². The van der Waals surface area contributed by atoms with Crippen LogP contribution in [0.3, 0.4) is 0 Å². The Hall–Kier alpha value is -1.02. The summed E-state index contributed by atoms with van der Waals surface area (Å²) in [6.07, 6.45) is 0.689. The number of hydrogen-bond donors (Lipinski definition) is 0. The summed E-state index contributed by atoms with van der Waals surface area (Å²) >= 11 is 17.5. The lowest BCUT2D eigenvalue weighted by Crippen LogP contribution is -2.04. The van der Waals surface area contributed by atoms with Gasteiger partial charge in [0.25, 0.3) is 0 Å². The molecule has 0 fully saturated rings. The third-order valence-electron chi connectivity index (χ3n) is 3.25. The van der Waals surface area contributed by atoms with E-state index in [0.717, 1.165) is 16.7 Å². The monoisotopic (exact) mass is 326 g/mol. The van der Waals surface area contributed by atoms with Crippen molar-refractivity contribution in [2.24, 2.45) is 0 Å². The quantitative estimate of drug-likeness (QED) is 0.637. The van der Waals surface area contributed by atoms with Crippen molar-refractivity contribution in [2.75, 3.05) is 0 Å². The highest BCUT2D eigenvalue weighted by Gasteiger charge is 2.16. The minimum atomic E-state index is -0.324. The van der Waals surface area contributed by atoms with Crippen molar-refractivity contribution < 1.29 is 4.79 Å². The van der Waals surface area contributed by atoms with Crippen molar-refractivity contribution in [1.82, 2.24) is 0 Å². The molecule has 0 saturated heterocycles. The Morgan fingerprint density at radius 2 is 1.60 bits per heavy atom. The van der Waals surface area contributed by atoms with Gasteiger partial charge in [-0.15, -0.1) is 0 Å². The minimum Gasteiger partial charge on any atom is -0.281 e. The smallest absolute Gasteiger partial charge is 0.229 e. The fourth-order valence-electron chi connectivity index (χ4n) is 2.11. The Morgan fingerprint density at radius 1 is 1.00 bits per heavy atom. The number of carbonyl (C=O) groups excluding carboxylic acids is 1. The number of carbonyl (C=O) groups is 1. The number of hydrogen-bond acceptors (Lipinski definition) is 1. The van der Waals surface area contributed by atoms with Crippen molar-refractivity contribution in [3.05, 3.63) is 58.1 Å². The largest absolute Gasteiger partial charge is 0.281 e. The Kier molecular flexibility index (Phi) is 5.09. The molecule has 0 amide bonds. The van der Waals surface area contributed by atoms with E-state index >= 15 is 0 Å². The van der Waals surface area contributed by atoms with Gasteiger partial charge in [0.15, 0.2) is 0 Å². The van der Waals surface area contributed by atoms with Gasteiger partial charge in [-0.25, -0.2) is 0 Å². The minimum absolute atomic E-state index is 0.250. The van der Waals surface area contributed by atoms with Gasteiger partial charge in [0, 0.05) is 0 Å². The zero-order valence-electron chi connectivity index (χ0n) is 10.9. The molecule has 0 spiro atoms. The first kappa shape index (κ1) is 15.4. The first-order valence-electron chi connectivity index (χ1n) is 6.27. The van der Waals surface area contributed by atoms with Gasteiger partial charge in [0.2, 0.25) is 5.24 Å². The van der Waals surface area contributed by atoms with Crippen molar-refractivity contribution in [2.45, 2.75) is 19.3 Å². The molecule has 20 heavy (non-hydrogen) atoms. The fourth-order valence-corrected chi connectivity index (χ4v) is 2.69. The molecule has 1 atom stereocenters. The first-order valence-corrected chi connectivity index (χ1v) is 7.41. The lowest BCUT2D eigenvalue weighted by molar-refractivity contribution is -0.113. The van der Waals surface area contributed by atoms with Crippen LogP contribution in [-0.2, 0) is 4.79 Å². The van der Waals surface area contributed by atoms with E-state index in [1.54, 1.807) is 6.07 Å². The molecule has 0 N–H and O–H groups in total. The molecule has 104 valence electrons. The Labute approximate surface area is 133 Å². The van der Waals surface area contributed by atoms with E-state index in [4.69, 9.17) is 34.8 Å². The topological polar surface area (TPSA) is 17.1 Å². The fraction of sp³-hybridized carbons (Fsp3) is 0.188. The summed E-state index contributed by atoms with van der Waals surface area (Å²) in [5, 5.41) is 0.733.